The van der Waals surface area contributed by atoms with Gasteiger partial charge in [0.05, 0.1) is 25.4 Å². The van der Waals surface area contributed by atoms with Crippen molar-refractivity contribution in [2.45, 2.75) is 379 Å². The molecule has 3 N–H and O–H groups in total. The molecule has 0 radical (unpaired) electrons. The standard InChI is InChI=1S/C67H129NO5/c1-3-5-7-9-11-13-15-40-43-47-51-55-59-65(70)64(63-69)68-66(71)60-56-52-48-44-41-37-35-33-31-29-27-25-23-21-19-17-16-18-20-22-24-26-28-30-32-34-36-38-42-46-50-54-58-62-73-67(72)61-57-53-49-45-39-14-12-10-8-6-4-2/h20,22,26,28,64-65,69-70H,3-19,21,23-25,27,29-63H2,1-2H3,(H,68,71)/b22-20-,28-26-. The van der Waals surface area contributed by atoms with Crippen molar-refractivity contribution in [2.24, 2.45) is 0 Å². The van der Waals surface area contributed by atoms with Crippen molar-refractivity contribution in [3.8, 4) is 0 Å². The van der Waals surface area contributed by atoms with Crippen LogP contribution in [0.1, 0.15) is 367 Å². The largest absolute Gasteiger partial charge is 0.466 e. The van der Waals surface area contributed by atoms with E-state index in [0.717, 1.165) is 44.9 Å². The molecule has 73 heavy (non-hydrogen) atoms. The molecule has 6 heteroatoms. The lowest BCUT2D eigenvalue weighted by Crippen LogP contribution is -2.45. The molecule has 0 aliphatic carbocycles. The van der Waals surface area contributed by atoms with Crippen LogP contribution in [0.25, 0.3) is 0 Å². The third-order valence-corrected chi connectivity index (χ3v) is 15.5. The maximum absolute atomic E-state index is 12.5. The topological polar surface area (TPSA) is 95.9 Å². The first-order valence-corrected chi connectivity index (χ1v) is 33.1. The van der Waals surface area contributed by atoms with Gasteiger partial charge in [-0.3, -0.25) is 9.59 Å². The number of hydrogen-bond donors (Lipinski definition) is 3. The van der Waals surface area contributed by atoms with Crippen molar-refractivity contribution < 1.29 is 24.5 Å². The second-order valence-corrected chi connectivity index (χ2v) is 22.8. The number of carbonyl (C=O) groups is 2. The molecule has 0 aromatic carbocycles. The molecule has 2 atom stereocenters. The number of hydrogen-bond acceptors (Lipinski definition) is 5. The average molecular weight is 1030 g/mol. The zero-order valence-electron chi connectivity index (χ0n) is 49.4. The molecule has 432 valence electrons. The molecule has 0 saturated heterocycles. The molecule has 0 spiro atoms. The summed E-state index contributed by atoms with van der Waals surface area (Å²) in [7, 11) is 0. The monoisotopic (exact) mass is 1030 g/mol. The van der Waals surface area contributed by atoms with Gasteiger partial charge < -0.3 is 20.3 Å². The quantitative estimate of drug-likeness (QED) is 0.0320. The first-order chi connectivity index (χ1) is 36.0. The van der Waals surface area contributed by atoms with Crippen LogP contribution in [0.5, 0.6) is 0 Å². The highest BCUT2D eigenvalue weighted by Crippen LogP contribution is 2.18. The highest BCUT2D eigenvalue weighted by Gasteiger charge is 2.20. The lowest BCUT2D eigenvalue weighted by atomic mass is 10.0. The first-order valence-electron chi connectivity index (χ1n) is 33.1. The third-order valence-electron chi connectivity index (χ3n) is 15.5. The van der Waals surface area contributed by atoms with Crippen LogP contribution in [-0.4, -0.2) is 47.4 Å². The van der Waals surface area contributed by atoms with E-state index in [4.69, 9.17) is 4.74 Å². The molecule has 0 aliphatic rings. The van der Waals surface area contributed by atoms with Crippen LogP contribution in [0.4, 0.5) is 0 Å². The van der Waals surface area contributed by atoms with E-state index in [9.17, 15) is 19.8 Å². The number of aliphatic hydroxyl groups excluding tert-OH is 2. The number of allylic oxidation sites excluding steroid dienone is 4. The van der Waals surface area contributed by atoms with Crippen LogP contribution >= 0.6 is 0 Å². The Kier molecular flexibility index (Phi) is 61.4. The van der Waals surface area contributed by atoms with E-state index in [2.05, 4.69) is 43.5 Å². The number of unbranched alkanes of at least 4 members (excludes halogenated alkanes) is 47. The molecule has 0 aliphatic heterocycles. The smallest absolute Gasteiger partial charge is 0.305 e. The van der Waals surface area contributed by atoms with Gasteiger partial charge in [-0.1, -0.05) is 321 Å². The minimum absolute atomic E-state index is 0.0142. The molecular weight excluding hydrogens is 899 g/mol. The van der Waals surface area contributed by atoms with Gasteiger partial charge in [0, 0.05) is 12.8 Å². The number of esters is 1. The van der Waals surface area contributed by atoms with E-state index in [-0.39, 0.29) is 18.5 Å². The summed E-state index contributed by atoms with van der Waals surface area (Å²) in [5.41, 5.74) is 0. The Morgan fingerprint density at radius 1 is 0.384 bits per heavy atom. The van der Waals surface area contributed by atoms with Gasteiger partial charge in [0.2, 0.25) is 5.91 Å². The molecule has 0 fully saturated rings. The average Bonchev–Trinajstić information content (AvgIpc) is 3.39. The van der Waals surface area contributed by atoms with Gasteiger partial charge in [0.15, 0.2) is 0 Å². The molecular formula is C67H129NO5. The Bertz CT molecular complexity index is 1140. The fourth-order valence-corrected chi connectivity index (χ4v) is 10.4. The molecule has 0 heterocycles. The number of amides is 1. The van der Waals surface area contributed by atoms with E-state index < -0.39 is 12.1 Å². The molecule has 0 bridgehead atoms. The van der Waals surface area contributed by atoms with E-state index in [1.807, 2.05) is 0 Å². The van der Waals surface area contributed by atoms with E-state index in [0.29, 0.717) is 25.9 Å². The normalized spacial score (nSPS) is 12.7. The molecule has 0 aromatic heterocycles. The van der Waals surface area contributed by atoms with Gasteiger partial charge in [-0.25, -0.2) is 0 Å². The van der Waals surface area contributed by atoms with Crippen LogP contribution < -0.4 is 5.32 Å². The minimum atomic E-state index is -0.661. The summed E-state index contributed by atoms with van der Waals surface area (Å²) in [6.45, 7) is 4.96. The van der Waals surface area contributed by atoms with Gasteiger partial charge >= 0.3 is 5.97 Å². The second-order valence-electron chi connectivity index (χ2n) is 22.8. The highest BCUT2D eigenvalue weighted by atomic mass is 16.5. The summed E-state index contributed by atoms with van der Waals surface area (Å²) >= 11 is 0. The van der Waals surface area contributed by atoms with Crippen molar-refractivity contribution in [3.05, 3.63) is 24.3 Å². The van der Waals surface area contributed by atoms with Crippen LogP contribution in [-0.2, 0) is 14.3 Å². The Labute approximate surface area is 456 Å². The number of rotatable bonds is 62. The highest BCUT2D eigenvalue weighted by molar-refractivity contribution is 5.76. The Hall–Kier alpha value is -1.66. The lowest BCUT2D eigenvalue weighted by molar-refractivity contribution is -0.143. The molecule has 0 saturated carbocycles. The number of ether oxygens (including phenoxy) is 1. The fraction of sp³-hybridized carbons (Fsp3) is 0.910. The van der Waals surface area contributed by atoms with Crippen LogP contribution in [0.2, 0.25) is 0 Å². The van der Waals surface area contributed by atoms with E-state index in [1.54, 1.807) is 0 Å². The summed E-state index contributed by atoms with van der Waals surface area (Å²) in [5, 5.41) is 23.2. The van der Waals surface area contributed by atoms with Crippen molar-refractivity contribution in [1.29, 1.82) is 0 Å². The summed E-state index contributed by atoms with van der Waals surface area (Å²) in [5.74, 6) is -0.0177. The third kappa shape index (κ3) is 59.4. The number of carbonyl (C=O) groups excluding carboxylic acids is 2. The van der Waals surface area contributed by atoms with Gasteiger partial charge in [0.25, 0.3) is 0 Å². The van der Waals surface area contributed by atoms with Crippen LogP contribution in [0.3, 0.4) is 0 Å². The van der Waals surface area contributed by atoms with Gasteiger partial charge in [0.1, 0.15) is 0 Å². The Morgan fingerprint density at radius 3 is 1.04 bits per heavy atom. The summed E-state index contributed by atoms with van der Waals surface area (Å²) in [6, 6.07) is -0.538. The van der Waals surface area contributed by atoms with Crippen molar-refractivity contribution in [2.75, 3.05) is 13.2 Å². The minimum Gasteiger partial charge on any atom is -0.466 e. The molecule has 2 unspecified atom stereocenters. The summed E-state index contributed by atoms with van der Waals surface area (Å²) < 4.78 is 5.47. The van der Waals surface area contributed by atoms with E-state index in [1.165, 1.54) is 289 Å². The molecule has 0 aromatic rings. The van der Waals surface area contributed by atoms with Gasteiger partial charge in [-0.15, -0.1) is 0 Å². The number of nitrogens with one attached hydrogen (secondary N) is 1. The SMILES string of the molecule is CCCCCCCCCCCCCCC(O)C(CO)NC(=O)CCCCCCCCCCCCCCCCCCC/C=C\C/C=C\CCCCCCCCCCCOC(=O)CCCCCCCCCCCCC. The van der Waals surface area contributed by atoms with Crippen molar-refractivity contribution in [1.82, 2.24) is 5.32 Å². The predicted molar refractivity (Wildman–Crippen MR) is 320 cm³/mol. The molecule has 6 nitrogen and oxygen atoms in total. The second kappa shape index (κ2) is 62.9. The summed E-state index contributed by atoms with van der Waals surface area (Å²) in [4.78, 5) is 24.5. The lowest BCUT2D eigenvalue weighted by Gasteiger charge is -2.22. The zero-order valence-corrected chi connectivity index (χ0v) is 49.4. The Balaban J connectivity index is 3.36. The zero-order chi connectivity index (χ0) is 52.9. The van der Waals surface area contributed by atoms with Gasteiger partial charge in [-0.2, -0.15) is 0 Å². The predicted octanol–water partition coefficient (Wildman–Crippen LogP) is 21.0. The fourth-order valence-electron chi connectivity index (χ4n) is 10.4. The maximum Gasteiger partial charge on any atom is 0.305 e. The maximum atomic E-state index is 12.5. The first kappa shape index (κ1) is 71.3. The Morgan fingerprint density at radius 2 is 0.685 bits per heavy atom. The van der Waals surface area contributed by atoms with Crippen molar-refractivity contribution >= 4 is 11.9 Å². The van der Waals surface area contributed by atoms with E-state index >= 15 is 0 Å². The number of aliphatic hydroxyl groups is 2. The van der Waals surface area contributed by atoms with Crippen LogP contribution in [0.15, 0.2) is 24.3 Å². The van der Waals surface area contributed by atoms with Crippen molar-refractivity contribution in [3.63, 3.8) is 0 Å². The summed E-state index contributed by atoms with van der Waals surface area (Å²) in [6.07, 6.45) is 77.9. The van der Waals surface area contributed by atoms with Gasteiger partial charge in [-0.05, 0) is 57.8 Å². The molecule has 0 rings (SSSR count). The molecule has 1 amide bonds. The van der Waals surface area contributed by atoms with Crippen LogP contribution in [0, 0.1) is 0 Å².